The molecule has 1 aromatic heterocycles. The highest BCUT2D eigenvalue weighted by Gasteiger charge is 2.01. The van der Waals surface area contributed by atoms with Crippen molar-refractivity contribution in [2.75, 3.05) is 6.54 Å². The number of hydrogen-bond acceptors (Lipinski definition) is 3. The lowest BCUT2D eigenvalue weighted by molar-refractivity contribution is 0.615. The predicted molar refractivity (Wildman–Crippen MR) is 69.7 cm³/mol. The van der Waals surface area contributed by atoms with Crippen molar-refractivity contribution in [3.63, 3.8) is 0 Å². The maximum atomic E-state index is 13.2. The fourth-order valence-corrected chi connectivity index (χ4v) is 1.91. The molecule has 1 aromatic carbocycles. The van der Waals surface area contributed by atoms with Gasteiger partial charge in [0, 0.05) is 38.4 Å². The van der Waals surface area contributed by atoms with Crippen LogP contribution in [0.1, 0.15) is 16.8 Å². The van der Waals surface area contributed by atoms with E-state index in [9.17, 15) is 4.39 Å². The van der Waals surface area contributed by atoms with Crippen LogP contribution in [0, 0.1) is 17.1 Å². The molecular formula is C14H15FN4. The molecule has 19 heavy (non-hydrogen) atoms. The van der Waals surface area contributed by atoms with Gasteiger partial charge in [-0.05, 0) is 29.8 Å². The summed E-state index contributed by atoms with van der Waals surface area (Å²) in [5, 5.41) is 16.1. The van der Waals surface area contributed by atoms with Gasteiger partial charge in [0.1, 0.15) is 5.82 Å². The van der Waals surface area contributed by atoms with E-state index in [0.29, 0.717) is 12.1 Å². The van der Waals surface area contributed by atoms with E-state index in [0.717, 1.165) is 24.2 Å². The largest absolute Gasteiger partial charge is 0.312 e. The van der Waals surface area contributed by atoms with Crippen LogP contribution in [0.4, 0.5) is 4.39 Å². The summed E-state index contributed by atoms with van der Waals surface area (Å²) >= 11 is 0. The summed E-state index contributed by atoms with van der Waals surface area (Å²) in [7, 11) is 1.90. The fourth-order valence-electron chi connectivity index (χ4n) is 1.91. The second-order valence-electron chi connectivity index (χ2n) is 4.33. The second kappa shape index (κ2) is 6.12. The number of halogens is 1. The quantitative estimate of drug-likeness (QED) is 0.831. The highest BCUT2D eigenvalue weighted by Crippen LogP contribution is 2.08. The molecular weight excluding hydrogens is 243 g/mol. The average molecular weight is 258 g/mol. The van der Waals surface area contributed by atoms with E-state index in [1.54, 1.807) is 12.3 Å². The van der Waals surface area contributed by atoms with Gasteiger partial charge in [0.25, 0.3) is 0 Å². The van der Waals surface area contributed by atoms with Gasteiger partial charge >= 0.3 is 0 Å². The van der Waals surface area contributed by atoms with Crippen LogP contribution in [0.25, 0.3) is 0 Å². The minimum absolute atomic E-state index is 0.350. The smallest absolute Gasteiger partial charge is 0.124 e. The maximum absolute atomic E-state index is 13.2. The molecule has 0 aliphatic rings. The Morgan fingerprint density at radius 3 is 2.95 bits per heavy atom. The van der Waals surface area contributed by atoms with Crippen LogP contribution in [-0.2, 0) is 20.0 Å². The molecule has 2 aromatic rings. The Morgan fingerprint density at radius 2 is 2.26 bits per heavy atom. The number of nitriles is 1. The number of rotatable bonds is 5. The lowest BCUT2D eigenvalue weighted by Crippen LogP contribution is -2.18. The Bertz CT molecular complexity index is 598. The maximum Gasteiger partial charge on any atom is 0.124 e. The van der Waals surface area contributed by atoms with Crippen molar-refractivity contribution in [3.05, 3.63) is 53.1 Å². The number of nitrogens with zero attached hydrogens (tertiary/aromatic N) is 3. The van der Waals surface area contributed by atoms with Gasteiger partial charge in [-0.1, -0.05) is 0 Å². The summed E-state index contributed by atoms with van der Waals surface area (Å²) in [5.41, 5.74) is 2.27. The Balaban J connectivity index is 1.85. The van der Waals surface area contributed by atoms with Crippen molar-refractivity contribution < 1.29 is 4.39 Å². The number of aromatic nitrogens is 2. The second-order valence-corrected chi connectivity index (χ2v) is 4.33. The molecule has 0 amide bonds. The zero-order valence-electron chi connectivity index (χ0n) is 10.7. The number of nitrogens with one attached hydrogen (secondary N) is 1. The average Bonchev–Trinajstić information content (AvgIpc) is 2.80. The molecule has 0 aliphatic heterocycles. The molecule has 0 unspecified atom stereocenters. The molecule has 0 fully saturated rings. The molecule has 0 saturated carbocycles. The van der Waals surface area contributed by atoms with Crippen molar-refractivity contribution in [2.45, 2.75) is 13.0 Å². The van der Waals surface area contributed by atoms with Crippen LogP contribution in [0.5, 0.6) is 0 Å². The number of aryl methyl sites for hydroxylation is 1. The zero-order chi connectivity index (χ0) is 13.7. The van der Waals surface area contributed by atoms with Crippen molar-refractivity contribution in [1.29, 1.82) is 5.26 Å². The molecule has 1 heterocycles. The number of benzene rings is 1. The van der Waals surface area contributed by atoms with Gasteiger partial charge in [-0.2, -0.15) is 10.4 Å². The molecule has 2 rings (SSSR count). The number of hydrogen-bond donors (Lipinski definition) is 1. The van der Waals surface area contributed by atoms with Crippen LogP contribution in [0.3, 0.4) is 0 Å². The Hall–Kier alpha value is -2.19. The third-order valence-electron chi connectivity index (χ3n) is 2.90. The van der Waals surface area contributed by atoms with E-state index >= 15 is 0 Å². The van der Waals surface area contributed by atoms with E-state index < -0.39 is 0 Å². The normalized spacial score (nSPS) is 10.4. The first-order chi connectivity index (χ1) is 9.19. The molecule has 1 N–H and O–H groups in total. The Kier molecular flexibility index (Phi) is 4.26. The third kappa shape index (κ3) is 3.63. The first-order valence-electron chi connectivity index (χ1n) is 6.06. The topological polar surface area (TPSA) is 53.6 Å². The highest BCUT2D eigenvalue weighted by molar-refractivity contribution is 5.33. The molecule has 4 nitrogen and oxygen atoms in total. The summed E-state index contributed by atoms with van der Waals surface area (Å²) in [6, 6.07) is 8.29. The molecule has 0 saturated heterocycles. The minimum atomic E-state index is -0.373. The van der Waals surface area contributed by atoms with Crippen molar-refractivity contribution in [2.24, 2.45) is 7.05 Å². The van der Waals surface area contributed by atoms with Gasteiger partial charge in [-0.3, -0.25) is 4.68 Å². The van der Waals surface area contributed by atoms with Gasteiger partial charge in [0.15, 0.2) is 0 Å². The lowest BCUT2D eigenvalue weighted by atomic mass is 10.1. The van der Waals surface area contributed by atoms with Gasteiger partial charge in [0.05, 0.1) is 11.6 Å². The zero-order valence-corrected chi connectivity index (χ0v) is 10.7. The van der Waals surface area contributed by atoms with Crippen molar-refractivity contribution >= 4 is 0 Å². The predicted octanol–water partition coefficient (Wildman–Crippen LogP) is 1.76. The molecule has 0 spiro atoms. The van der Waals surface area contributed by atoms with Crippen molar-refractivity contribution in [3.8, 4) is 6.07 Å². The summed E-state index contributed by atoms with van der Waals surface area (Å²) in [5.74, 6) is -0.373. The van der Waals surface area contributed by atoms with Crippen LogP contribution in [0.15, 0.2) is 30.5 Å². The van der Waals surface area contributed by atoms with Crippen LogP contribution in [0.2, 0.25) is 0 Å². The van der Waals surface area contributed by atoms with Crippen molar-refractivity contribution in [1.82, 2.24) is 15.1 Å². The third-order valence-corrected chi connectivity index (χ3v) is 2.90. The van der Waals surface area contributed by atoms with E-state index in [-0.39, 0.29) is 5.82 Å². The van der Waals surface area contributed by atoms with Gasteiger partial charge in [0.2, 0.25) is 0 Å². The summed E-state index contributed by atoms with van der Waals surface area (Å²) in [6.07, 6.45) is 2.62. The van der Waals surface area contributed by atoms with Gasteiger partial charge < -0.3 is 5.32 Å². The molecule has 5 heteroatoms. The summed E-state index contributed by atoms with van der Waals surface area (Å²) in [4.78, 5) is 0. The lowest BCUT2D eigenvalue weighted by Gasteiger charge is -2.06. The van der Waals surface area contributed by atoms with Gasteiger partial charge in [-0.15, -0.1) is 0 Å². The molecule has 0 atom stereocenters. The van der Waals surface area contributed by atoms with Crippen LogP contribution < -0.4 is 5.32 Å². The SMILES string of the molecule is Cn1nccc1CCNCc1cc(F)cc(C#N)c1. The molecule has 98 valence electrons. The van der Waals surface area contributed by atoms with Gasteiger partial charge in [-0.25, -0.2) is 4.39 Å². The van der Waals surface area contributed by atoms with E-state index in [1.165, 1.54) is 12.1 Å². The van der Waals surface area contributed by atoms with E-state index in [1.807, 2.05) is 23.9 Å². The van der Waals surface area contributed by atoms with Crippen LogP contribution >= 0.6 is 0 Å². The minimum Gasteiger partial charge on any atom is -0.312 e. The summed E-state index contributed by atoms with van der Waals surface area (Å²) < 4.78 is 15.0. The summed E-state index contributed by atoms with van der Waals surface area (Å²) in [6.45, 7) is 1.32. The Labute approximate surface area is 111 Å². The molecule has 0 aliphatic carbocycles. The first kappa shape index (κ1) is 13.2. The first-order valence-corrected chi connectivity index (χ1v) is 6.06. The highest BCUT2D eigenvalue weighted by atomic mass is 19.1. The van der Waals surface area contributed by atoms with E-state index in [4.69, 9.17) is 5.26 Å². The molecule has 0 bridgehead atoms. The fraction of sp³-hybridized carbons (Fsp3) is 0.286. The standard InChI is InChI=1S/C14H15FN4/c1-19-14(3-5-18-19)2-4-17-10-12-6-11(9-16)7-13(15)8-12/h3,5-8,17H,2,4,10H2,1H3. The van der Waals surface area contributed by atoms with Crippen LogP contribution in [-0.4, -0.2) is 16.3 Å². The van der Waals surface area contributed by atoms with E-state index in [2.05, 4.69) is 10.4 Å². The monoisotopic (exact) mass is 258 g/mol. The Morgan fingerprint density at radius 1 is 1.42 bits per heavy atom. The molecule has 0 radical (unpaired) electrons.